The lowest BCUT2D eigenvalue weighted by atomic mass is 9.99. The van der Waals surface area contributed by atoms with Crippen LogP contribution >= 0.6 is 0 Å². The van der Waals surface area contributed by atoms with E-state index >= 15 is 0 Å². The molecule has 2 aromatic rings. The summed E-state index contributed by atoms with van der Waals surface area (Å²) in [5, 5.41) is 11.2. The van der Waals surface area contributed by atoms with Gasteiger partial charge < -0.3 is 15.6 Å². The van der Waals surface area contributed by atoms with E-state index in [2.05, 4.69) is 0 Å². The first-order chi connectivity index (χ1) is 9.06. The highest BCUT2D eigenvalue weighted by molar-refractivity contribution is 6.12. The number of fused-ring (bicyclic) bond motifs is 1. The third kappa shape index (κ3) is 2.22. The molecule has 0 fully saturated rings. The Morgan fingerprint density at radius 1 is 1.32 bits per heavy atom. The number of hydrogen-bond acceptors (Lipinski definition) is 4. The van der Waals surface area contributed by atoms with Crippen molar-refractivity contribution in [1.82, 2.24) is 0 Å². The van der Waals surface area contributed by atoms with Crippen molar-refractivity contribution in [3.8, 4) is 5.75 Å². The van der Waals surface area contributed by atoms with Gasteiger partial charge in [-0.3, -0.25) is 4.79 Å². The first-order valence-electron chi connectivity index (χ1n) is 5.78. The standard InChI is InChI=1S/C14H13NO4/c1-2-19-14(18)10-7-8-5-3-4-6-9(8)11(12(10)16)13(15)17/h3-7,16H,2H2,1H3,(H2,15,17). The summed E-state index contributed by atoms with van der Waals surface area (Å²) in [6.45, 7) is 1.84. The summed E-state index contributed by atoms with van der Waals surface area (Å²) in [6, 6.07) is 8.35. The molecule has 1 amide bonds. The van der Waals surface area contributed by atoms with Crippen LogP contribution in [0.15, 0.2) is 30.3 Å². The van der Waals surface area contributed by atoms with Gasteiger partial charge in [0.15, 0.2) is 0 Å². The molecule has 98 valence electrons. The minimum Gasteiger partial charge on any atom is -0.506 e. The maximum absolute atomic E-state index is 11.7. The van der Waals surface area contributed by atoms with Gasteiger partial charge in [0, 0.05) is 0 Å². The lowest BCUT2D eigenvalue weighted by Gasteiger charge is -2.10. The predicted octanol–water partition coefficient (Wildman–Crippen LogP) is 1.82. The second-order valence-electron chi connectivity index (χ2n) is 3.95. The second-order valence-corrected chi connectivity index (χ2v) is 3.95. The van der Waals surface area contributed by atoms with Crippen LogP contribution in [0.2, 0.25) is 0 Å². The fraction of sp³-hybridized carbons (Fsp3) is 0.143. The number of carbonyl (C=O) groups is 2. The Morgan fingerprint density at radius 3 is 2.63 bits per heavy atom. The Bertz CT molecular complexity index is 664. The fourth-order valence-corrected chi connectivity index (χ4v) is 1.95. The van der Waals surface area contributed by atoms with Crippen LogP contribution in [-0.4, -0.2) is 23.6 Å². The van der Waals surface area contributed by atoms with E-state index in [1.807, 2.05) is 0 Å². The van der Waals surface area contributed by atoms with Crippen molar-refractivity contribution in [2.45, 2.75) is 6.92 Å². The van der Waals surface area contributed by atoms with E-state index in [1.54, 1.807) is 31.2 Å². The zero-order valence-corrected chi connectivity index (χ0v) is 10.3. The molecule has 0 aliphatic rings. The van der Waals surface area contributed by atoms with Gasteiger partial charge in [0.2, 0.25) is 0 Å². The van der Waals surface area contributed by atoms with Crippen LogP contribution in [0.4, 0.5) is 0 Å². The Kier molecular flexibility index (Phi) is 3.37. The molecule has 0 heterocycles. The minimum atomic E-state index is -0.792. The molecule has 19 heavy (non-hydrogen) atoms. The van der Waals surface area contributed by atoms with E-state index in [9.17, 15) is 14.7 Å². The summed E-state index contributed by atoms with van der Waals surface area (Å²) in [6.07, 6.45) is 0. The van der Waals surface area contributed by atoms with E-state index in [0.717, 1.165) is 0 Å². The molecule has 5 heteroatoms. The number of hydrogen-bond donors (Lipinski definition) is 2. The van der Waals surface area contributed by atoms with Gasteiger partial charge in [-0.05, 0) is 23.8 Å². The molecule has 0 saturated heterocycles. The van der Waals surface area contributed by atoms with Crippen molar-refractivity contribution < 1.29 is 19.4 Å². The summed E-state index contributed by atoms with van der Waals surface area (Å²) in [5.74, 6) is -1.92. The highest BCUT2D eigenvalue weighted by Gasteiger charge is 2.21. The number of esters is 1. The number of carbonyl (C=O) groups excluding carboxylic acids is 2. The molecule has 5 nitrogen and oxygen atoms in total. The number of ether oxygens (including phenoxy) is 1. The summed E-state index contributed by atoms with van der Waals surface area (Å²) in [5.41, 5.74) is 5.14. The molecule has 0 saturated carbocycles. The maximum Gasteiger partial charge on any atom is 0.341 e. The third-order valence-corrected chi connectivity index (χ3v) is 2.76. The predicted molar refractivity (Wildman–Crippen MR) is 70.1 cm³/mol. The Labute approximate surface area is 109 Å². The average molecular weight is 259 g/mol. The number of rotatable bonds is 3. The largest absolute Gasteiger partial charge is 0.506 e. The molecular formula is C14H13NO4. The minimum absolute atomic E-state index is 0.0608. The van der Waals surface area contributed by atoms with Crippen LogP contribution in [0.5, 0.6) is 5.75 Å². The van der Waals surface area contributed by atoms with Crippen LogP contribution in [0, 0.1) is 0 Å². The van der Waals surface area contributed by atoms with Crippen LogP contribution < -0.4 is 5.73 Å². The van der Waals surface area contributed by atoms with Crippen molar-refractivity contribution in [2.24, 2.45) is 5.73 Å². The van der Waals surface area contributed by atoms with Crippen LogP contribution in [0.1, 0.15) is 27.6 Å². The van der Waals surface area contributed by atoms with Gasteiger partial charge in [0.05, 0.1) is 12.2 Å². The lowest BCUT2D eigenvalue weighted by molar-refractivity contribution is 0.0523. The van der Waals surface area contributed by atoms with E-state index in [-0.39, 0.29) is 17.7 Å². The molecule has 0 radical (unpaired) electrons. The summed E-state index contributed by atoms with van der Waals surface area (Å²) >= 11 is 0. The van der Waals surface area contributed by atoms with E-state index in [0.29, 0.717) is 10.8 Å². The Hall–Kier alpha value is -2.56. The molecule has 0 atom stereocenters. The summed E-state index contributed by atoms with van der Waals surface area (Å²) in [4.78, 5) is 23.2. The summed E-state index contributed by atoms with van der Waals surface area (Å²) in [7, 11) is 0. The monoisotopic (exact) mass is 259 g/mol. The highest BCUT2D eigenvalue weighted by atomic mass is 16.5. The number of primary amides is 1. The second kappa shape index (κ2) is 4.97. The zero-order chi connectivity index (χ0) is 14.0. The lowest BCUT2D eigenvalue weighted by Crippen LogP contribution is -2.14. The molecule has 0 aliphatic heterocycles. The SMILES string of the molecule is CCOC(=O)c1cc2ccccc2c(C(N)=O)c1O. The Balaban J connectivity index is 2.77. The van der Waals surface area contributed by atoms with Crippen molar-refractivity contribution >= 4 is 22.6 Å². The molecule has 0 spiro atoms. The van der Waals surface area contributed by atoms with Crippen molar-refractivity contribution in [3.05, 3.63) is 41.5 Å². The molecule has 0 unspecified atom stereocenters. The van der Waals surface area contributed by atoms with Gasteiger partial charge in [-0.15, -0.1) is 0 Å². The number of nitrogens with two attached hydrogens (primary N) is 1. The molecule has 2 rings (SSSR count). The van der Waals surface area contributed by atoms with Gasteiger partial charge >= 0.3 is 5.97 Å². The van der Waals surface area contributed by atoms with Gasteiger partial charge in [0.1, 0.15) is 11.3 Å². The smallest absolute Gasteiger partial charge is 0.341 e. The molecule has 0 aliphatic carbocycles. The maximum atomic E-state index is 11.7. The average Bonchev–Trinajstić information content (AvgIpc) is 2.37. The van der Waals surface area contributed by atoms with Gasteiger partial charge in [-0.2, -0.15) is 0 Å². The van der Waals surface area contributed by atoms with Gasteiger partial charge in [-0.1, -0.05) is 24.3 Å². The van der Waals surface area contributed by atoms with E-state index in [1.165, 1.54) is 6.07 Å². The molecule has 3 N–H and O–H groups in total. The first kappa shape index (κ1) is 12.9. The third-order valence-electron chi connectivity index (χ3n) is 2.76. The molecule has 0 aromatic heterocycles. The van der Waals surface area contributed by atoms with Crippen molar-refractivity contribution in [1.29, 1.82) is 0 Å². The number of benzene rings is 2. The van der Waals surface area contributed by atoms with E-state index < -0.39 is 17.6 Å². The highest BCUT2D eigenvalue weighted by Crippen LogP contribution is 2.31. The molecule has 2 aromatic carbocycles. The number of aromatic hydroxyl groups is 1. The first-order valence-corrected chi connectivity index (χ1v) is 5.78. The van der Waals surface area contributed by atoms with Crippen molar-refractivity contribution in [2.75, 3.05) is 6.61 Å². The number of phenols is 1. The fourth-order valence-electron chi connectivity index (χ4n) is 1.95. The van der Waals surface area contributed by atoms with Gasteiger partial charge in [-0.25, -0.2) is 4.79 Å². The Morgan fingerprint density at radius 2 is 2.00 bits per heavy atom. The number of amides is 1. The normalized spacial score (nSPS) is 10.4. The van der Waals surface area contributed by atoms with Crippen LogP contribution in [0.3, 0.4) is 0 Å². The molecular weight excluding hydrogens is 246 g/mol. The van der Waals surface area contributed by atoms with Crippen LogP contribution in [-0.2, 0) is 4.74 Å². The zero-order valence-electron chi connectivity index (χ0n) is 10.3. The van der Waals surface area contributed by atoms with Gasteiger partial charge in [0.25, 0.3) is 5.91 Å². The topological polar surface area (TPSA) is 89.6 Å². The van der Waals surface area contributed by atoms with Crippen molar-refractivity contribution in [3.63, 3.8) is 0 Å². The van der Waals surface area contributed by atoms with E-state index in [4.69, 9.17) is 10.5 Å². The quantitative estimate of drug-likeness (QED) is 0.823. The summed E-state index contributed by atoms with van der Waals surface area (Å²) < 4.78 is 4.84. The molecule has 0 bridgehead atoms. The van der Waals surface area contributed by atoms with Crippen LogP contribution in [0.25, 0.3) is 10.8 Å².